The number of ether oxygens (including phenoxy) is 3. The number of benzene rings is 1. The van der Waals surface area contributed by atoms with Crippen LogP contribution in [0.5, 0.6) is 0 Å². The molecule has 1 aliphatic rings. The van der Waals surface area contributed by atoms with Gasteiger partial charge in [0.25, 0.3) is 5.91 Å². The van der Waals surface area contributed by atoms with Crippen LogP contribution in [0.15, 0.2) is 52.9 Å². The van der Waals surface area contributed by atoms with Crippen molar-refractivity contribution in [2.75, 3.05) is 37.5 Å². The highest BCUT2D eigenvalue weighted by molar-refractivity contribution is 7.08. The summed E-state index contributed by atoms with van der Waals surface area (Å²) in [6, 6.07) is 9.09. The molecular weight excluding hydrogens is 380 g/mol. The number of nitrogens with one attached hydrogen (secondary N) is 1. The van der Waals surface area contributed by atoms with E-state index in [0.717, 1.165) is 5.56 Å². The molecule has 2 atom stereocenters. The van der Waals surface area contributed by atoms with E-state index < -0.39 is 6.29 Å². The fraction of sp³-hybridized carbons (Fsp3) is 0.350. The lowest BCUT2D eigenvalue weighted by Crippen LogP contribution is -2.30. The average molecular weight is 404 g/mol. The molecule has 0 saturated heterocycles. The Morgan fingerprint density at radius 3 is 2.89 bits per heavy atom. The third kappa shape index (κ3) is 5.56. The Bertz CT molecular complexity index is 794. The summed E-state index contributed by atoms with van der Waals surface area (Å²) in [5.41, 5.74) is 8.03. The van der Waals surface area contributed by atoms with E-state index in [4.69, 9.17) is 25.1 Å². The van der Waals surface area contributed by atoms with Gasteiger partial charge in [-0.1, -0.05) is 12.1 Å². The van der Waals surface area contributed by atoms with Gasteiger partial charge in [0, 0.05) is 12.3 Å². The summed E-state index contributed by atoms with van der Waals surface area (Å²) >= 11 is 1.60. The number of nitrogen functional groups attached to an aromatic ring is 1. The number of amides is 1. The molecule has 8 heteroatoms. The number of carbonyl (C=O) groups is 1. The Morgan fingerprint density at radius 1 is 1.29 bits per heavy atom. The van der Waals surface area contributed by atoms with Crippen LogP contribution in [0.3, 0.4) is 0 Å². The first-order valence-electron chi connectivity index (χ1n) is 9.04. The summed E-state index contributed by atoms with van der Waals surface area (Å²) in [6.07, 6.45) is 1.85. The fourth-order valence-corrected chi connectivity index (χ4v) is 3.56. The summed E-state index contributed by atoms with van der Waals surface area (Å²) in [6.45, 7) is 0.880. The zero-order valence-corrected chi connectivity index (χ0v) is 16.2. The van der Waals surface area contributed by atoms with Crippen LogP contribution in [0.1, 0.15) is 17.9 Å². The first-order chi connectivity index (χ1) is 13.7. The molecule has 0 aliphatic carbocycles. The van der Waals surface area contributed by atoms with Crippen LogP contribution in [0.25, 0.3) is 0 Å². The molecule has 1 aromatic heterocycles. The highest BCUT2D eigenvalue weighted by atomic mass is 32.1. The summed E-state index contributed by atoms with van der Waals surface area (Å²) in [7, 11) is 0. The number of hydrogen-bond acceptors (Lipinski definition) is 7. The molecule has 2 unspecified atom stereocenters. The van der Waals surface area contributed by atoms with Crippen molar-refractivity contribution in [1.29, 1.82) is 0 Å². The number of allylic oxidation sites excluding steroid dienone is 1. The number of nitrogens with two attached hydrogens (primary N) is 1. The van der Waals surface area contributed by atoms with Gasteiger partial charge in [0.05, 0.1) is 37.8 Å². The zero-order valence-electron chi connectivity index (χ0n) is 15.4. The molecule has 2 aromatic rings. The van der Waals surface area contributed by atoms with E-state index in [1.165, 1.54) is 0 Å². The van der Waals surface area contributed by atoms with Gasteiger partial charge in [-0.15, -0.1) is 0 Å². The summed E-state index contributed by atoms with van der Waals surface area (Å²) in [5, 5.41) is 15.6. The first kappa shape index (κ1) is 20.3. The Labute approximate surface area is 167 Å². The summed E-state index contributed by atoms with van der Waals surface area (Å²) in [5.74, 6) is -0.160. The van der Waals surface area contributed by atoms with Crippen molar-refractivity contribution >= 4 is 28.6 Å². The lowest BCUT2D eigenvalue weighted by Gasteiger charge is -2.29. The minimum Gasteiger partial charge on any atom is -0.459 e. The lowest BCUT2D eigenvalue weighted by molar-refractivity contribution is -0.148. The first-order valence-corrected chi connectivity index (χ1v) is 9.98. The standard InChI is InChI=1S/C20H24N2O5S/c21-16-3-1-2-4-17(16)22-20(24)18-11-15(14-5-10-28-13-14)12-19(27-18)26-9-8-25-7-6-23/h1-5,10-11,13,15,19,23H,6-9,12,21H2,(H,22,24). The number of para-hydroxylation sites is 2. The van der Waals surface area contributed by atoms with Crippen LogP contribution in [0.2, 0.25) is 0 Å². The monoisotopic (exact) mass is 404 g/mol. The molecule has 0 spiro atoms. The van der Waals surface area contributed by atoms with Gasteiger partial charge in [-0.05, 0) is 40.6 Å². The maximum atomic E-state index is 12.7. The predicted molar refractivity (Wildman–Crippen MR) is 108 cm³/mol. The topological polar surface area (TPSA) is 103 Å². The van der Waals surface area contributed by atoms with Gasteiger partial charge >= 0.3 is 0 Å². The minimum atomic E-state index is -0.568. The quantitative estimate of drug-likeness (QED) is 0.439. The molecule has 28 heavy (non-hydrogen) atoms. The average Bonchev–Trinajstić information content (AvgIpc) is 3.24. The Balaban J connectivity index is 1.68. The molecule has 3 rings (SSSR count). The SMILES string of the molecule is Nc1ccccc1NC(=O)C1=CC(c2ccsc2)CC(OCCOCCO)O1. The van der Waals surface area contributed by atoms with Crippen molar-refractivity contribution in [1.82, 2.24) is 0 Å². The van der Waals surface area contributed by atoms with Crippen molar-refractivity contribution in [3.8, 4) is 0 Å². The number of aliphatic hydroxyl groups excluding tert-OH is 1. The van der Waals surface area contributed by atoms with Gasteiger partial charge in [0.15, 0.2) is 5.76 Å². The second-order valence-electron chi connectivity index (χ2n) is 6.23. The third-order valence-electron chi connectivity index (χ3n) is 4.23. The molecule has 2 heterocycles. The number of carbonyl (C=O) groups excluding carboxylic acids is 1. The van der Waals surface area contributed by atoms with Crippen molar-refractivity contribution in [2.24, 2.45) is 0 Å². The highest BCUT2D eigenvalue weighted by Crippen LogP contribution is 2.33. The fourth-order valence-electron chi connectivity index (χ4n) is 2.84. The van der Waals surface area contributed by atoms with Gasteiger partial charge in [0.2, 0.25) is 6.29 Å². The Hall–Kier alpha value is -2.39. The maximum absolute atomic E-state index is 12.7. The van der Waals surface area contributed by atoms with Crippen molar-refractivity contribution < 1.29 is 24.1 Å². The Morgan fingerprint density at radius 2 is 2.14 bits per heavy atom. The van der Waals surface area contributed by atoms with Crippen LogP contribution >= 0.6 is 11.3 Å². The van der Waals surface area contributed by atoms with E-state index in [1.807, 2.05) is 17.5 Å². The van der Waals surface area contributed by atoms with Gasteiger partial charge < -0.3 is 30.4 Å². The molecule has 7 nitrogen and oxygen atoms in total. The second-order valence-corrected chi connectivity index (χ2v) is 7.01. The predicted octanol–water partition coefficient (Wildman–Crippen LogP) is 2.71. The molecule has 1 aliphatic heterocycles. The van der Waals surface area contributed by atoms with E-state index in [2.05, 4.69) is 10.7 Å². The van der Waals surface area contributed by atoms with Gasteiger partial charge in [0.1, 0.15) is 0 Å². The molecule has 0 fully saturated rings. The molecule has 0 radical (unpaired) electrons. The summed E-state index contributed by atoms with van der Waals surface area (Å²) < 4.78 is 16.7. The van der Waals surface area contributed by atoms with Crippen molar-refractivity contribution in [3.05, 3.63) is 58.5 Å². The zero-order chi connectivity index (χ0) is 19.8. The number of anilines is 2. The van der Waals surface area contributed by atoms with Gasteiger partial charge in [-0.25, -0.2) is 0 Å². The van der Waals surface area contributed by atoms with Crippen LogP contribution in [0.4, 0.5) is 11.4 Å². The number of thiophene rings is 1. The van der Waals surface area contributed by atoms with E-state index in [9.17, 15) is 4.79 Å². The maximum Gasteiger partial charge on any atom is 0.290 e. The van der Waals surface area contributed by atoms with Crippen molar-refractivity contribution in [2.45, 2.75) is 18.6 Å². The van der Waals surface area contributed by atoms with Gasteiger partial charge in [-0.3, -0.25) is 4.79 Å². The molecule has 0 saturated carbocycles. The largest absolute Gasteiger partial charge is 0.459 e. The van der Waals surface area contributed by atoms with E-state index >= 15 is 0 Å². The summed E-state index contributed by atoms with van der Waals surface area (Å²) in [4.78, 5) is 12.7. The van der Waals surface area contributed by atoms with Crippen LogP contribution < -0.4 is 11.1 Å². The van der Waals surface area contributed by atoms with E-state index in [0.29, 0.717) is 31.0 Å². The molecule has 0 bridgehead atoms. The van der Waals surface area contributed by atoms with Crippen LogP contribution in [-0.2, 0) is 19.0 Å². The van der Waals surface area contributed by atoms with E-state index in [-0.39, 0.29) is 30.8 Å². The van der Waals surface area contributed by atoms with Crippen LogP contribution in [0, 0.1) is 0 Å². The molecule has 1 aromatic carbocycles. The Kier molecular flexibility index (Phi) is 7.44. The van der Waals surface area contributed by atoms with E-state index in [1.54, 1.807) is 35.6 Å². The van der Waals surface area contributed by atoms with Crippen molar-refractivity contribution in [3.63, 3.8) is 0 Å². The molecule has 4 N–H and O–H groups in total. The third-order valence-corrected chi connectivity index (χ3v) is 4.93. The number of hydrogen-bond donors (Lipinski definition) is 3. The molecule has 150 valence electrons. The van der Waals surface area contributed by atoms with Crippen LogP contribution in [-0.4, -0.2) is 43.7 Å². The highest BCUT2D eigenvalue weighted by Gasteiger charge is 2.29. The number of rotatable bonds is 9. The lowest BCUT2D eigenvalue weighted by atomic mass is 9.95. The smallest absolute Gasteiger partial charge is 0.290 e. The number of aliphatic hydroxyl groups is 1. The second kappa shape index (κ2) is 10.2. The normalized spacial score (nSPS) is 19.0. The van der Waals surface area contributed by atoms with Gasteiger partial charge in [-0.2, -0.15) is 11.3 Å². The molecule has 1 amide bonds. The minimum absolute atomic E-state index is 0.0113. The molecular formula is C20H24N2O5S.